The monoisotopic (exact) mass is 327 g/mol. The Morgan fingerprint density at radius 2 is 2.22 bits per heavy atom. The number of aryl methyl sites for hydroxylation is 1. The molecule has 1 amide bonds. The van der Waals surface area contributed by atoms with Crippen LogP contribution in [0.25, 0.3) is 0 Å². The van der Waals surface area contributed by atoms with Gasteiger partial charge in [0, 0.05) is 29.6 Å². The maximum Gasteiger partial charge on any atom is 0.228 e. The Bertz CT molecular complexity index is 504. The van der Waals surface area contributed by atoms with Gasteiger partial charge >= 0.3 is 0 Å². The van der Waals surface area contributed by atoms with Gasteiger partial charge in [-0.25, -0.2) is 0 Å². The third-order valence-electron chi connectivity index (χ3n) is 2.81. The van der Waals surface area contributed by atoms with E-state index in [4.69, 9.17) is 0 Å². The quantitative estimate of drug-likeness (QED) is 0.837. The molecule has 2 rings (SSSR count). The van der Waals surface area contributed by atoms with E-state index in [1.807, 2.05) is 25.1 Å². The minimum absolute atomic E-state index is 0.0676. The molecule has 96 valence electrons. The Morgan fingerprint density at radius 3 is 2.89 bits per heavy atom. The number of hydrogen-bond donors (Lipinski definition) is 0. The fraction of sp³-hybridized carbons (Fsp3) is 0.385. The lowest BCUT2D eigenvalue weighted by Gasteiger charge is -2.18. The van der Waals surface area contributed by atoms with Crippen LogP contribution in [0.5, 0.6) is 0 Å². The number of thioether (sulfide) groups is 1. The second-order valence-corrected chi connectivity index (χ2v) is 6.73. The molecule has 0 bridgehead atoms. The average molecular weight is 328 g/mol. The van der Waals surface area contributed by atoms with Crippen LogP contribution in [0.3, 0.4) is 0 Å². The molecule has 1 aromatic carbocycles. The minimum Gasteiger partial charge on any atom is -0.310 e. The molecule has 1 aliphatic heterocycles. The summed E-state index contributed by atoms with van der Waals surface area (Å²) in [5.41, 5.74) is 2.01. The first-order valence-electron chi connectivity index (χ1n) is 5.71. The Hall–Kier alpha value is -0.810. The predicted octanol–water partition coefficient (Wildman–Crippen LogP) is 3.14. The van der Waals surface area contributed by atoms with E-state index >= 15 is 0 Å². The van der Waals surface area contributed by atoms with Crippen molar-refractivity contribution >= 4 is 44.4 Å². The summed E-state index contributed by atoms with van der Waals surface area (Å²) in [7, 11) is 0. The van der Waals surface area contributed by atoms with Gasteiger partial charge in [-0.1, -0.05) is 17.8 Å². The first kappa shape index (κ1) is 13.6. The molecule has 1 saturated heterocycles. The predicted molar refractivity (Wildman–Crippen MR) is 77.9 cm³/mol. The van der Waals surface area contributed by atoms with Gasteiger partial charge in [-0.05, 0) is 40.5 Å². The van der Waals surface area contributed by atoms with E-state index in [0.717, 1.165) is 15.7 Å². The van der Waals surface area contributed by atoms with Gasteiger partial charge in [0.15, 0.2) is 5.12 Å². The largest absolute Gasteiger partial charge is 0.310 e. The number of halogens is 1. The average Bonchev–Trinajstić information content (AvgIpc) is 2.62. The van der Waals surface area contributed by atoms with Gasteiger partial charge < -0.3 is 4.90 Å². The van der Waals surface area contributed by atoms with E-state index in [-0.39, 0.29) is 16.3 Å². The molecule has 3 nitrogen and oxygen atoms in total. The molecule has 18 heavy (non-hydrogen) atoms. The number of anilines is 1. The molecule has 1 unspecified atom stereocenters. The van der Waals surface area contributed by atoms with Crippen molar-refractivity contribution in [2.24, 2.45) is 0 Å². The zero-order valence-corrected chi connectivity index (χ0v) is 12.7. The topological polar surface area (TPSA) is 37.4 Å². The number of nitrogens with zero attached hydrogens (tertiary/aromatic N) is 1. The number of hydrogen-bond acceptors (Lipinski definition) is 3. The molecule has 0 N–H and O–H groups in total. The van der Waals surface area contributed by atoms with Crippen LogP contribution in [0.1, 0.15) is 18.9 Å². The van der Waals surface area contributed by atoms with E-state index in [9.17, 15) is 9.59 Å². The third kappa shape index (κ3) is 2.95. The third-order valence-corrected chi connectivity index (χ3v) is 4.47. The number of carbonyl (C=O) groups excluding carboxylic acids is 2. The van der Waals surface area contributed by atoms with Crippen LogP contribution in [-0.2, 0) is 9.59 Å². The summed E-state index contributed by atoms with van der Waals surface area (Å²) in [6.45, 7) is 4.14. The molecule has 1 aliphatic rings. The van der Waals surface area contributed by atoms with Crippen LogP contribution in [0.15, 0.2) is 22.7 Å². The highest BCUT2D eigenvalue weighted by atomic mass is 79.9. The zero-order chi connectivity index (χ0) is 13.3. The number of rotatable bonds is 2. The van der Waals surface area contributed by atoms with Crippen molar-refractivity contribution < 1.29 is 9.59 Å². The summed E-state index contributed by atoms with van der Waals surface area (Å²) < 4.78 is 0.912. The van der Waals surface area contributed by atoms with E-state index in [0.29, 0.717) is 13.0 Å². The number of carbonyl (C=O) groups is 2. The number of benzene rings is 1. The highest BCUT2D eigenvalue weighted by molar-refractivity contribution is 9.10. The van der Waals surface area contributed by atoms with Crippen LogP contribution >= 0.6 is 27.7 Å². The first-order valence-corrected chi connectivity index (χ1v) is 7.38. The minimum atomic E-state index is 0.0676. The lowest BCUT2D eigenvalue weighted by Crippen LogP contribution is -2.25. The van der Waals surface area contributed by atoms with Crippen molar-refractivity contribution in [1.82, 2.24) is 0 Å². The Kier molecular flexibility index (Phi) is 4.12. The van der Waals surface area contributed by atoms with Crippen molar-refractivity contribution in [3.05, 3.63) is 28.2 Å². The lowest BCUT2D eigenvalue weighted by molar-refractivity contribution is -0.117. The van der Waals surface area contributed by atoms with Crippen molar-refractivity contribution in [2.45, 2.75) is 25.5 Å². The summed E-state index contributed by atoms with van der Waals surface area (Å²) in [6, 6.07) is 5.93. The van der Waals surface area contributed by atoms with Gasteiger partial charge in [-0.3, -0.25) is 9.59 Å². The van der Waals surface area contributed by atoms with E-state index in [1.54, 1.807) is 11.8 Å². The highest BCUT2D eigenvalue weighted by Crippen LogP contribution is 2.33. The maximum absolute atomic E-state index is 12.0. The van der Waals surface area contributed by atoms with Gasteiger partial charge in [0.05, 0.1) is 5.69 Å². The fourth-order valence-corrected chi connectivity index (χ4v) is 3.43. The molecule has 1 heterocycles. The van der Waals surface area contributed by atoms with Crippen LogP contribution in [0.2, 0.25) is 0 Å². The standard InChI is InChI=1S/C13H14BrNO2S/c1-8-3-4-11(14)12(5-8)15-7-10(6-13(15)17)18-9(2)16/h3-5,10H,6-7H2,1-2H3. The molecular formula is C13H14BrNO2S. The SMILES string of the molecule is CC(=O)SC1CC(=O)N(c2cc(C)ccc2Br)C1. The number of amides is 1. The van der Waals surface area contributed by atoms with Crippen LogP contribution in [-0.4, -0.2) is 22.8 Å². The van der Waals surface area contributed by atoms with Crippen molar-refractivity contribution in [1.29, 1.82) is 0 Å². The Balaban J connectivity index is 2.21. The smallest absolute Gasteiger partial charge is 0.228 e. The van der Waals surface area contributed by atoms with E-state index in [1.165, 1.54) is 11.8 Å². The highest BCUT2D eigenvalue weighted by Gasteiger charge is 2.32. The summed E-state index contributed by atoms with van der Waals surface area (Å²) in [4.78, 5) is 24.9. The van der Waals surface area contributed by atoms with Gasteiger partial charge in [-0.15, -0.1) is 0 Å². The van der Waals surface area contributed by atoms with Crippen LogP contribution < -0.4 is 4.90 Å². The molecule has 1 aromatic rings. The normalized spacial score (nSPS) is 19.4. The molecule has 1 fully saturated rings. The molecule has 0 radical (unpaired) electrons. The van der Waals surface area contributed by atoms with Gasteiger partial charge in [0.1, 0.15) is 0 Å². The summed E-state index contributed by atoms with van der Waals surface area (Å²) in [5.74, 6) is 0.0834. The van der Waals surface area contributed by atoms with Crippen molar-refractivity contribution in [3.8, 4) is 0 Å². The lowest BCUT2D eigenvalue weighted by atomic mass is 10.2. The molecule has 0 aromatic heterocycles. The second kappa shape index (κ2) is 5.45. The van der Waals surface area contributed by atoms with E-state index in [2.05, 4.69) is 15.9 Å². The zero-order valence-electron chi connectivity index (χ0n) is 10.3. The summed E-state index contributed by atoms with van der Waals surface area (Å²) >= 11 is 4.73. The second-order valence-electron chi connectivity index (χ2n) is 4.39. The van der Waals surface area contributed by atoms with Crippen molar-refractivity contribution in [2.75, 3.05) is 11.4 Å². The van der Waals surface area contributed by atoms with Gasteiger partial charge in [-0.2, -0.15) is 0 Å². The molecule has 0 saturated carbocycles. The molecule has 5 heteroatoms. The summed E-state index contributed by atoms with van der Waals surface area (Å²) in [5, 5.41) is 0.139. The van der Waals surface area contributed by atoms with Gasteiger partial charge in [0.2, 0.25) is 5.91 Å². The molecule has 1 atom stereocenters. The molecule has 0 aliphatic carbocycles. The van der Waals surface area contributed by atoms with E-state index < -0.39 is 0 Å². The molecule has 0 spiro atoms. The summed E-state index contributed by atoms with van der Waals surface area (Å²) in [6.07, 6.45) is 0.435. The molecular weight excluding hydrogens is 314 g/mol. The van der Waals surface area contributed by atoms with Crippen LogP contribution in [0.4, 0.5) is 5.69 Å². The maximum atomic E-state index is 12.0. The van der Waals surface area contributed by atoms with Crippen molar-refractivity contribution in [3.63, 3.8) is 0 Å². The Morgan fingerprint density at radius 1 is 1.50 bits per heavy atom. The van der Waals surface area contributed by atoms with Gasteiger partial charge in [0.25, 0.3) is 0 Å². The Labute approximate surface area is 119 Å². The fourth-order valence-electron chi connectivity index (χ4n) is 2.05. The van der Waals surface area contributed by atoms with Crippen LogP contribution in [0, 0.1) is 6.92 Å². The first-order chi connectivity index (χ1) is 8.47.